The van der Waals surface area contributed by atoms with Gasteiger partial charge in [-0.15, -0.1) is 0 Å². The van der Waals surface area contributed by atoms with Gasteiger partial charge in [-0.3, -0.25) is 0 Å². The number of ether oxygens (including phenoxy) is 1. The number of nitrogens with zero attached hydrogens (tertiary/aromatic N) is 1. The highest BCUT2D eigenvalue weighted by Crippen LogP contribution is 2.27. The molecule has 98 valence electrons. The van der Waals surface area contributed by atoms with E-state index < -0.39 is 5.97 Å². The lowest BCUT2D eigenvalue weighted by atomic mass is 9.89. The lowest BCUT2D eigenvalue weighted by molar-refractivity contribution is 0.0173. The summed E-state index contributed by atoms with van der Waals surface area (Å²) in [4.78, 5) is 15.8. The van der Waals surface area contributed by atoms with E-state index in [0.29, 0.717) is 5.69 Å². The number of esters is 1. The quantitative estimate of drug-likeness (QED) is 0.661. The maximum Gasteiger partial charge on any atom is 0.341 e. The van der Waals surface area contributed by atoms with E-state index in [9.17, 15) is 4.79 Å². The molecule has 0 spiro atoms. The molecule has 1 fully saturated rings. The van der Waals surface area contributed by atoms with Crippen LogP contribution in [0, 0.1) is 5.92 Å². The van der Waals surface area contributed by atoms with Crippen molar-refractivity contribution in [3.8, 4) is 0 Å². The van der Waals surface area contributed by atoms with Crippen LogP contribution in [0.15, 0.2) is 12.3 Å². The van der Waals surface area contributed by atoms with E-state index in [1.165, 1.54) is 12.3 Å². The van der Waals surface area contributed by atoms with E-state index in [2.05, 4.69) is 11.9 Å². The van der Waals surface area contributed by atoms with E-state index >= 15 is 0 Å². The SMILES string of the molecule is CC1CCC(OC(=O)c2cc(N)cnc2Cl)CC1. The Morgan fingerprint density at radius 1 is 1.44 bits per heavy atom. The molecule has 0 atom stereocenters. The van der Waals surface area contributed by atoms with Crippen molar-refractivity contribution in [2.24, 2.45) is 5.92 Å². The molecule has 1 aliphatic carbocycles. The Balaban J connectivity index is 2.01. The molecule has 2 N–H and O–H groups in total. The highest BCUT2D eigenvalue weighted by atomic mass is 35.5. The number of carbonyl (C=O) groups excluding carboxylic acids is 1. The fraction of sp³-hybridized carbons (Fsp3) is 0.538. The molecule has 0 aliphatic heterocycles. The summed E-state index contributed by atoms with van der Waals surface area (Å²) in [5, 5.41) is 0.137. The molecule has 0 bridgehead atoms. The van der Waals surface area contributed by atoms with Crippen LogP contribution in [-0.4, -0.2) is 17.1 Å². The Kier molecular flexibility index (Phi) is 4.07. The van der Waals surface area contributed by atoms with Gasteiger partial charge in [0.05, 0.1) is 17.4 Å². The van der Waals surface area contributed by atoms with Crippen molar-refractivity contribution in [1.82, 2.24) is 4.98 Å². The Morgan fingerprint density at radius 3 is 2.78 bits per heavy atom. The maximum atomic E-state index is 12.0. The van der Waals surface area contributed by atoms with Gasteiger partial charge in [0.25, 0.3) is 0 Å². The van der Waals surface area contributed by atoms with E-state index in [4.69, 9.17) is 22.1 Å². The summed E-state index contributed by atoms with van der Waals surface area (Å²) in [6.45, 7) is 2.22. The number of hydrogen-bond donors (Lipinski definition) is 1. The number of carbonyl (C=O) groups is 1. The van der Waals surface area contributed by atoms with E-state index in [0.717, 1.165) is 31.6 Å². The predicted molar refractivity (Wildman–Crippen MR) is 70.5 cm³/mol. The first-order chi connectivity index (χ1) is 8.56. The second kappa shape index (κ2) is 5.57. The molecule has 1 heterocycles. The van der Waals surface area contributed by atoms with Gasteiger partial charge in [0, 0.05) is 0 Å². The van der Waals surface area contributed by atoms with Gasteiger partial charge in [0.15, 0.2) is 0 Å². The van der Waals surface area contributed by atoms with Gasteiger partial charge in [-0.1, -0.05) is 18.5 Å². The fourth-order valence-corrected chi connectivity index (χ4v) is 2.35. The van der Waals surface area contributed by atoms with Crippen molar-refractivity contribution < 1.29 is 9.53 Å². The van der Waals surface area contributed by atoms with E-state index in [-0.39, 0.29) is 16.8 Å². The van der Waals surface area contributed by atoms with Crippen LogP contribution in [0.1, 0.15) is 43.0 Å². The van der Waals surface area contributed by atoms with Crippen molar-refractivity contribution >= 4 is 23.3 Å². The minimum Gasteiger partial charge on any atom is -0.459 e. The van der Waals surface area contributed by atoms with Crippen molar-refractivity contribution in [3.63, 3.8) is 0 Å². The van der Waals surface area contributed by atoms with Crippen molar-refractivity contribution in [1.29, 1.82) is 0 Å². The highest BCUT2D eigenvalue weighted by molar-refractivity contribution is 6.32. The van der Waals surface area contributed by atoms with Crippen molar-refractivity contribution in [2.45, 2.75) is 38.7 Å². The zero-order valence-electron chi connectivity index (χ0n) is 10.4. The van der Waals surface area contributed by atoms with Crippen molar-refractivity contribution in [3.05, 3.63) is 23.0 Å². The van der Waals surface area contributed by atoms with Gasteiger partial charge in [0.2, 0.25) is 0 Å². The molecule has 2 rings (SSSR count). The fourth-order valence-electron chi connectivity index (χ4n) is 2.17. The zero-order chi connectivity index (χ0) is 13.1. The monoisotopic (exact) mass is 268 g/mol. The molecule has 1 aromatic rings. The number of halogens is 1. The molecule has 4 nitrogen and oxygen atoms in total. The zero-order valence-corrected chi connectivity index (χ0v) is 11.1. The standard InChI is InChI=1S/C13H17ClN2O2/c1-8-2-4-10(5-3-8)18-13(17)11-6-9(15)7-16-12(11)14/h6-8,10H,2-5,15H2,1H3. The number of anilines is 1. The average Bonchev–Trinajstić information content (AvgIpc) is 2.35. The van der Waals surface area contributed by atoms with Gasteiger partial charge in [-0.05, 0) is 37.7 Å². The summed E-state index contributed by atoms with van der Waals surface area (Å²) in [6.07, 6.45) is 5.44. The first-order valence-corrected chi connectivity index (χ1v) is 6.56. The minimum absolute atomic E-state index is 0.00815. The summed E-state index contributed by atoms with van der Waals surface area (Å²) < 4.78 is 5.44. The van der Waals surface area contributed by atoms with Crippen LogP contribution in [0.5, 0.6) is 0 Å². The lowest BCUT2D eigenvalue weighted by Crippen LogP contribution is -2.24. The molecule has 5 heteroatoms. The summed E-state index contributed by atoms with van der Waals surface area (Å²) in [7, 11) is 0. The third-order valence-corrected chi connectivity index (χ3v) is 3.62. The molecule has 0 amide bonds. The van der Waals surface area contributed by atoms with Crippen LogP contribution in [0.4, 0.5) is 5.69 Å². The van der Waals surface area contributed by atoms with Crippen LogP contribution in [0.2, 0.25) is 5.15 Å². The first-order valence-electron chi connectivity index (χ1n) is 6.18. The largest absolute Gasteiger partial charge is 0.459 e. The van der Waals surface area contributed by atoms with Crippen LogP contribution < -0.4 is 5.73 Å². The normalized spacial score (nSPS) is 23.7. The van der Waals surface area contributed by atoms with E-state index in [1.54, 1.807) is 0 Å². The molecule has 1 aliphatic rings. The summed E-state index contributed by atoms with van der Waals surface area (Å²) >= 11 is 5.86. The highest BCUT2D eigenvalue weighted by Gasteiger charge is 2.23. The Labute approximate surface area is 111 Å². The van der Waals surface area contributed by atoms with Gasteiger partial charge in [-0.25, -0.2) is 9.78 Å². The van der Waals surface area contributed by atoms with Gasteiger partial charge < -0.3 is 10.5 Å². The summed E-state index contributed by atoms with van der Waals surface area (Å²) in [5.74, 6) is 0.289. The lowest BCUT2D eigenvalue weighted by Gasteiger charge is -2.26. The van der Waals surface area contributed by atoms with E-state index in [1.807, 2.05) is 0 Å². The second-order valence-electron chi connectivity index (χ2n) is 4.89. The van der Waals surface area contributed by atoms with Crippen LogP contribution >= 0.6 is 11.6 Å². The number of nitrogen functional groups attached to an aromatic ring is 1. The first kappa shape index (κ1) is 13.1. The predicted octanol–water partition coefficient (Wildman–Crippen LogP) is 3.05. The Hall–Kier alpha value is -1.29. The molecular weight excluding hydrogens is 252 g/mol. The maximum absolute atomic E-state index is 12.0. The topological polar surface area (TPSA) is 65.2 Å². The third kappa shape index (κ3) is 3.13. The van der Waals surface area contributed by atoms with Crippen molar-refractivity contribution in [2.75, 3.05) is 5.73 Å². The Bertz CT molecular complexity index is 443. The molecule has 0 saturated heterocycles. The number of aromatic nitrogens is 1. The molecule has 1 saturated carbocycles. The second-order valence-corrected chi connectivity index (χ2v) is 5.25. The molecule has 0 radical (unpaired) electrons. The number of hydrogen-bond acceptors (Lipinski definition) is 4. The molecular formula is C13H17ClN2O2. The Morgan fingerprint density at radius 2 is 2.11 bits per heavy atom. The molecule has 18 heavy (non-hydrogen) atoms. The number of rotatable bonds is 2. The average molecular weight is 269 g/mol. The third-order valence-electron chi connectivity index (χ3n) is 3.32. The molecule has 0 aromatic carbocycles. The van der Waals surface area contributed by atoms with Gasteiger partial charge in [0.1, 0.15) is 11.3 Å². The minimum atomic E-state index is -0.431. The van der Waals surface area contributed by atoms with Crippen LogP contribution in [-0.2, 0) is 4.74 Å². The summed E-state index contributed by atoms with van der Waals surface area (Å²) in [5.41, 5.74) is 6.24. The molecule has 0 unspecified atom stereocenters. The number of pyridine rings is 1. The summed E-state index contributed by atoms with van der Waals surface area (Å²) in [6, 6.07) is 1.50. The van der Waals surface area contributed by atoms with Gasteiger partial charge >= 0.3 is 5.97 Å². The number of nitrogens with two attached hydrogens (primary N) is 1. The van der Waals surface area contributed by atoms with Crippen LogP contribution in [0.25, 0.3) is 0 Å². The van der Waals surface area contributed by atoms with Crippen LogP contribution in [0.3, 0.4) is 0 Å². The van der Waals surface area contributed by atoms with Gasteiger partial charge in [-0.2, -0.15) is 0 Å². The smallest absolute Gasteiger partial charge is 0.341 e. The molecule has 1 aromatic heterocycles.